The molecule has 0 aromatic heterocycles. The summed E-state index contributed by atoms with van der Waals surface area (Å²) < 4.78 is 0. The maximum atomic E-state index is 12.0. The zero-order valence-electron chi connectivity index (χ0n) is 10.7. The highest BCUT2D eigenvalue weighted by molar-refractivity contribution is 5.85. The van der Waals surface area contributed by atoms with Gasteiger partial charge in [0.15, 0.2) is 0 Å². The monoisotopic (exact) mass is 226 g/mol. The summed E-state index contributed by atoms with van der Waals surface area (Å²) in [6.07, 6.45) is 9.03. The molecule has 0 heterocycles. The van der Waals surface area contributed by atoms with Crippen molar-refractivity contribution in [1.29, 1.82) is 0 Å². The molecule has 94 valence electrons. The largest absolute Gasteiger partial charge is 0.352 e. The lowest BCUT2D eigenvalue weighted by molar-refractivity contribution is -0.126. The first kappa shape index (κ1) is 13.5. The number of nitrogens with one attached hydrogen (secondary N) is 1. The van der Waals surface area contributed by atoms with Crippen LogP contribution in [0, 0.1) is 0 Å². The van der Waals surface area contributed by atoms with Crippen LogP contribution in [0.5, 0.6) is 0 Å². The molecule has 1 aliphatic carbocycles. The second kappa shape index (κ2) is 6.24. The van der Waals surface area contributed by atoms with Gasteiger partial charge in [0.2, 0.25) is 5.91 Å². The van der Waals surface area contributed by atoms with Gasteiger partial charge in [-0.3, -0.25) is 4.79 Å². The van der Waals surface area contributed by atoms with Crippen molar-refractivity contribution < 1.29 is 4.79 Å². The van der Waals surface area contributed by atoms with Crippen molar-refractivity contribution in [2.75, 3.05) is 0 Å². The van der Waals surface area contributed by atoms with Crippen LogP contribution in [0.15, 0.2) is 0 Å². The van der Waals surface area contributed by atoms with Gasteiger partial charge in [0.05, 0.1) is 5.54 Å². The minimum absolute atomic E-state index is 0.0289. The molecule has 16 heavy (non-hydrogen) atoms. The average molecular weight is 226 g/mol. The standard InChI is InChI=1S/C13H26N2O/c1-3-10-13(2,14)12(16)15-11-8-6-4-5-7-9-11/h11H,3-10,14H2,1-2H3,(H,15,16). The number of rotatable bonds is 4. The van der Waals surface area contributed by atoms with E-state index in [2.05, 4.69) is 12.2 Å². The van der Waals surface area contributed by atoms with Gasteiger partial charge in [-0.2, -0.15) is 0 Å². The lowest BCUT2D eigenvalue weighted by atomic mass is 9.95. The summed E-state index contributed by atoms with van der Waals surface area (Å²) in [4.78, 5) is 12.0. The van der Waals surface area contributed by atoms with Crippen molar-refractivity contribution in [2.24, 2.45) is 5.73 Å². The quantitative estimate of drug-likeness (QED) is 0.723. The third kappa shape index (κ3) is 4.12. The molecule has 3 nitrogen and oxygen atoms in total. The molecule has 0 aliphatic heterocycles. The normalized spacial score (nSPS) is 22.2. The van der Waals surface area contributed by atoms with E-state index in [9.17, 15) is 4.79 Å². The Hall–Kier alpha value is -0.570. The molecule has 0 saturated heterocycles. The fourth-order valence-electron chi connectivity index (χ4n) is 2.41. The molecule has 3 heteroatoms. The molecule has 3 N–H and O–H groups in total. The van der Waals surface area contributed by atoms with E-state index in [0.717, 1.165) is 25.7 Å². The van der Waals surface area contributed by atoms with E-state index in [4.69, 9.17) is 5.73 Å². The number of carbonyl (C=O) groups is 1. The van der Waals surface area contributed by atoms with E-state index >= 15 is 0 Å². The molecule has 1 rings (SSSR count). The summed E-state index contributed by atoms with van der Waals surface area (Å²) in [5.41, 5.74) is 5.32. The highest BCUT2D eigenvalue weighted by atomic mass is 16.2. The lowest BCUT2D eigenvalue weighted by Crippen LogP contribution is -2.54. The van der Waals surface area contributed by atoms with Gasteiger partial charge in [0.1, 0.15) is 0 Å². The molecule has 1 unspecified atom stereocenters. The van der Waals surface area contributed by atoms with Crippen LogP contribution < -0.4 is 11.1 Å². The molecule has 0 aromatic carbocycles. The fourth-order valence-corrected chi connectivity index (χ4v) is 2.41. The third-order valence-corrected chi connectivity index (χ3v) is 3.48. The summed E-state index contributed by atoms with van der Waals surface area (Å²) in [7, 11) is 0. The minimum Gasteiger partial charge on any atom is -0.352 e. The molecule has 1 atom stereocenters. The van der Waals surface area contributed by atoms with Gasteiger partial charge >= 0.3 is 0 Å². The van der Waals surface area contributed by atoms with Crippen molar-refractivity contribution in [3.05, 3.63) is 0 Å². The second-order valence-electron chi connectivity index (χ2n) is 5.33. The topological polar surface area (TPSA) is 55.1 Å². The summed E-state index contributed by atoms with van der Waals surface area (Å²) >= 11 is 0. The van der Waals surface area contributed by atoms with Gasteiger partial charge < -0.3 is 11.1 Å². The van der Waals surface area contributed by atoms with Crippen LogP contribution in [-0.4, -0.2) is 17.5 Å². The van der Waals surface area contributed by atoms with E-state index in [1.165, 1.54) is 25.7 Å². The van der Waals surface area contributed by atoms with Crippen molar-refractivity contribution in [3.8, 4) is 0 Å². The zero-order valence-corrected chi connectivity index (χ0v) is 10.7. The summed E-state index contributed by atoms with van der Waals surface area (Å²) in [6, 6.07) is 0.356. The summed E-state index contributed by atoms with van der Waals surface area (Å²) in [6.45, 7) is 3.90. The van der Waals surface area contributed by atoms with Crippen molar-refractivity contribution >= 4 is 5.91 Å². The van der Waals surface area contributed by atoms with Crippen LogP contribution >= 0.6 is 0 Å². The Kier molecular flexibility index (Phi) is 5.26. The van der Waals surface area contributed by atoms with Crippen molar-refractivity contribution in [3.63, 3.8) is 0 Å². The Morgan fingerprint density at radius 1 is 1.31 bits per heavy atom. The predicted octanol–water partition coefficient (Wildman–Crippen LogP) is 2.34. The molecule has 1 saturated carbocycles. The van der Waals surface area contributed by atoms with E-state index in [1.54, 1.807) is 0 Å². The van der Waals surface area contributed by atoms with Crippen LogP contribution in [0.4, 0.5) is 0 Å². The molecule has 1 aliphatic rings. The molecule has 1 amide bonds. The number of nitrogens with two attached hydrogens (primary N) is 1. The van der Waals surface area contributed by atoms with Gasteiger partial charge in [0, 0.05) is 6.04 Å². The first-order valence-corrected chi connectivity index (χ1v) is 6.66. The Morgan fingerprint density at radius 2 is 1.88 bits per heavy atom. The molecule has 0 bridgehead atoms. The third-order valence-electron chi connectivity index (χ3n) is 3.48. The lowest BCUT2D eigenvalue weighted by Gasteiger charge is -2.26. The first-order chi connectivity index (χ1) is 7.56. The molecule has 0 aromatic rings. The van der Waals surface area contributed by atoms with Crippen molar-refractivity contribution in [1.82, 2.24) is 5.32 Å². The molecular formula is C13H26N2O. The maximum absolute atomic E-state index is 12.0. The van der Waals surface area contributed by atoms with E-state index in [-0.39, 0.29) is 5.91 Å². The fraction of sp³-hybridized carbons (Fsp3) is 0.923. The van der Waals surface area contributed by atoms with Crippen LogP contribution in [0.25, 0.3) is 0 Å². The predicted molar refractivity (Wildman–Crippen MR) is 67.1 cm³/mol. The van der Waals surface area contributed by atoms with Crippen LogP contribution in [0.1, 0.15) is 65.2 Å². The van der Waals surface area contributed by atoms with Crippen molar-refractivity contribution in [2.45, 2.75) is 76.8 Å². The molecule has 1 fully saturated rings. The number of amides is 1. The Morgan fingerprint density at radius 3 is 2.38 bits per heavy atom. The van der Waals surface area contributed by atoms with Gasteiger partial charge in [0.25, 0.3) is 0 Å². The van der Waals surface area contributed by atoms with Crippen LogP contribution in [0.2, 0.25) is 0 Å². The van der Waals surface area contributed by atoms with Crippen LogP contribution in [0.3, 0.4) is 0 Å². The van der Waals surface area contributed by atoms with Gasteiger partial charge in [-0.05, 0) is 26.2 Å². The van der Waals surface area contributed by atoms with Gasteiger partial charge in [-0.15, -0.1) is 0 Å². The number of hydrogen-bond donors (Lipinski definition) is 2. The van der Waals surface area contributed by atoms with E-state index in [1.807, 2.05) is 6.92 Å². The van der Waals surface area contributed by atoms with E-state index in [0.29, 0.717) is 6.04 Å². The van der Waals surface area contributed by atoms with E-state index < -0.39 is 5.54 Å². The number of hydrogen-bond acceptors (Lipinski definition) is 2. The number of carbonyl (C=O) groups excluding carboxylic acids is 1. The Balaban J connectivity index is 2.42. The SMILES string of the molecule is CCCC(C)(N)C(=O)NC1CCCCCC1. The average Bonchev–Trinajstić information content (AvgIpc) is 2.46. The summed E-state index contributed by atoms with van der Waals surface area (Å²) in [5, 5.41) is 3.12. The first-order valence-electron chi connectivity index (χ1n) is 6.66. The van der Waals surface area contributed by atoms with Gasteiger partial charge in [-0.25, -0.2) is 0 Å². The smallest absolute Gasteiger partial charge is 0.240 e. The highest BCUT2D eigenvalue weighted by Crippen LogP contribution is 2.18. The van der Waals surface area contributed by atoms with Gasteiger partial charge in [-0.1, -0.05) is 39.0 Å². The summed E-state index contributed by atoms with van der Waals surface area (Å²) in [5.74, 6) is 0.0289. The zero-order chi connectivity index (χ0) is 12.0. The highest BCUT2D eigenvalue weighted by Gasteiger charge is 2.28. The molecule has 0 spiro atoms. The maximum Gasteiger partial charge on any atom is 0.240 e. The van der Waals surface area contributed by atoms with Crippen LogP contribution in [-0.2, 0) is 4.79 Å². The second-order valence-corrected chi connectivity index (χ2v) is 5.33. The molecular weight excluding hydrogens is 200 g/mol. The Labute approximate surface area is 99.2 Å². The minimum atomic E-state index is -0.693. The molecule has 0 radical (unpaired) electrons. The Bertz CT molecular complexity index is 218.